The largest absolute Gasteiger partial charge is 0.414 e. The molecule has 9 heteroatoms. The topological polar surface area (TPSA) is 61.9 Å². The Morgan fingerprint density at radius 2 is 1.80 bits per heavy atom. The normalized spacial score (nSPS) is 12.7. The number of aromatic nitrogens is 3. The van der Waals surface area contributed by atoms with E-state index >= 15 is 0 Å². The molecule has 4 rings (SSSR count). The van der Waals surface area contributed by atoms with Gasteiger partial charge in [0.25, 0.3) is 11.7 Å². The number of halogens is 4. The van der Waals surface area contributed by atoms with Crippen LogP contribution in [0.1, 0.15) is 22.2 Å². The molecular weight excluding hydrogens is 417 g/mol. The van der Waals surface area contributed by atoms with Crippen molar-refractivity contribution in [3.63, 3.8) is 0 Å². The van der Waals surface area contributed by atoms with Gasteiger partial charge >= 0.3 is 6.18 Å². The van der Waals surface area contributed by atoms with Crippen molar-refractivity contribution in [2.75, 3.05) is 0 Å². The van der Waals surface area contributed by atoms with Gasteiger partial charge in [0.15, 0.2) is 11.6 Å². The third-order valence-electron chi connectivity index (χ3n) is 4.54. The zero-order chi connectivity index (χ0) is 21.3. The number of H-pyrrole nitrogens is 1. The fourth-order valence-corrected chi connectivity index (χ4v) is 3.41. The molecule has 0 aliphatic carbocycles. The van der Waals surface area contributed by atoms with Crippen molar-refractivity contribution in [2.24, 2.45) is 0 Å². The van der Waals surface area contributed by atoms with Crippen molar-refractivity contribution in [3.8, 4) is 11.4 Å². The third-order valence-corrected chi connectivity index (χ3v) is 4.87. The summed E-state index contributed by atoms with van der Waals surface area (Å²) in [5.74, 6) is -0.437. The maximum absolute atomic E-state index is 13.6. The number of benzene rings is 1. The van der Waals surface area contributed by atoms with Crippen molar-refractivity contribution < 1.29 is 22.4 Å². The second-order valence-corrected chi connectivity index (χ2v) is 6.89. The number of imidazole rings is 1. The molecule has 4 aromatic rings. The molecule has 2 N–H and O–H groups in total. The minimum Gasteiger partial charge on any atom is -0.332 e. The van der Waals surface area contributed by atoms with E-state index in [1.54, 1.807) is 53.1 Å². The molecule has 5 nitrogen and oxygen atoms in total. The highest BCUT2D eigenvalue weighted by Gasteiger charge is 2.44. The molecule has 0 radical (unpaired) electrons. The molecule has 0 saturated heterocycles. The number of carbonyl (C=O) groups is 1. The summed E-state index contributed by atoms with van der Waals surface area (Å²) in [5, 5.41) is 2.49. The number of carbonyl (C=O) groups excluding carboxylic acids is 1. The van der Waals surface area contributed by atoms with E-state index in [1.807, 2.05) is 0 Å². The van der Waals surface area contributed by atoms with E-state index in [-0.39, 0.29) is 11.4 Å². The van der Waals surface area contributed by atoms with Crippen LogP contribution in [0.5, 0.6) is 0 Å². The molecule has 0 fully saturated rings. The van der Waals surface area contributed by atoms with Gasteiger partial charge in [-0.25, -0.2) is 4.98 Å². The predicted molar refractivity (Wildman–Crippen MR) is 105 cm³/mol. The first-order chi connectivity index (χ1) is 14.4. The second-order valence-electron chi connectivity index (χ2n) is 6.49. The van der Waals surface area contributed by atoms with Crippen molar-refractivity contribution in [3.05, 3.63) is 89.5 Å². The first kappa shape index (κ1) is 19.9. The molecule has 152 valence electrons. The van der Waals surface area contributed by atoms with Gasteiger partial charge < -0.3 is 5.32 Å². The lowest BCUT2D eigenvalue weighted by Gasteiger charge is -2.20. The maximum Gasteiger partial charge on any atom is 0.414 e. The van der Waals surface area contributed by atoms with E-state index in [0.717, 1.165) is 0 Å². The number of hydrogen-bond donors (Lipinski definition) is 2. The van der Waals surface area contributed by atoms with Crippen molar-refractivity contribution >= 4 is 23.0 Å². The van der Waals surface area contributed by atoms with E-state index in [1.165, 1.54) is 24.4 Å². The van der Waals surface area contributed by atoms with E-state index in [2.05, 4.69) is 15.3 Å². The van der Waals surface area contributed by atoms with Crippen LogP contribution in [0.2, 0.25) is 5.02 Å². The average Bonchev–Trinajstić information content (AvgIpc) is 3.12. The van der Waals surface area contributed by atoms with Gasteiger partial charge in [0, 0.05) is 6.20 Å². The van der Waals surface area contributed by atoms with Crippen LogP contribution in [0.3, 0.4) is 0 Å². The summed E-state index contributed by atoms with van der Waals surface area (Å²) in [6, 6.07) is 14.0. The summed E-state index contributed by atoms with van der Waals surface area (Å²) < 4.78 is 42.6. The molecule has 1 atom stereocenters. The van der Waals surface area contributed by atoms with Gasteiger partial charge in [0.1, 0.15) is 0 Å². The molecule has 1 aromatic carbocycles. The molecule has 0 aliphatic rings. The average molecular weight is 432 g/mol. The lowest BCUT2D eigenvalue weighted by Crippen LogP contribution is -2.39. The maximum atomic E-state index is 13.6. The second kappa shape index (κ2) is 7.79. The van der Waals surface area contributed by atoms with Crippen LogP contribution in [-0.2, 0) is 0 Å². The van der Waals surface area contributed by atoms with Gasteiger partial charge in [-0.1, -0.05) is 35.9 Å². The van der Waals surface area contributed by atoms with Crippen LogP contribution in [-0.4, -0.2) is 22.1 Å². The number of aromatic amines is 1. The van der Waals surface area contributed by atoms with E-state index in [4.69, 9.17) is 11.6 Å². The molecule has 0 spiro atoms. The zero-order valence-corrected chi connectivity index (χ0v) is 16.1. The van der Waals surface area contributed by atoms with Crippen LogP contribution >= 0.6 is 11.6 Å². The minimum absolute atomic E-state index is 0.0179. The lowest BCUT2D eigenvalue weighted by molar-refractivity contribution is -0.498. The van der Waals surface area contributed by atoms with E-state index < -0.39 is 18.1 Å². The molecular formula is C21H15ClF3N4O+. The Balaban J connectivity index is 1.78. The Hall–Kier alpha value is -3.39. The standard InChI is InChI=1S/C21H14ClF3N4O/c22-14-8-2-1-7-13(14)19-27-17(16-10-4-6-12-29(16)19)20(30)28-18(21(23,24)25)15-9-3-5-11-26-15/h1-12,18H,(H,28,30)/p+1. The fraction of sp³-hybridized carbons (Fsp3) is 0.0952. The number of alkyl halides is 3. The van der Waals surface area contributed by atoms with Gasteiger partial charge in [-0.05, 0) is 36.4 Å². The lowest BCUT2D eigenvalue weighted by atomic mass is 10.1. The Morgan fingerprint density at radius 3 is 2.50 bits per heavy atom. The SMILES string of the molecule is O=C(NC(c1ccccn1)C(F)(F)F)c1[nH]c(-c2ccccc2Cl)[n+]2ccccc12. The Bertz CT molecular complexity index is 1210. The van der Waals surface area contributed by atoms with Crippen LogP contribution in [0, 0.1) is 0 Å². The summed E-state index contributed by atoms with van der Waals surface area (Å²) in [7, 11) is 0. The summed E-state index contributed by atoms with van der Waals surface area (Å²) in [6.45, 7) is 0. The monoisotopic (exact) mass is 431 g/mol. The Labute approximate surface area is 174 Å². The molecule has 0 aliphatic heterocycles. The smallest absolute Gasteiger partial charge is 0.332 e. The van der Waals surface area contributed by atoms with Crippen LogP contribution < -0.4 is 9.72 Å². The molecule has 30 heavy (non-hydrogen) atoms. The third kappa shape index (κ3) is 3.73. The molecule has 1 unspecified atom stereocenters. The molecule has 3 aromatic heterocycles. The Morgan fingerprint density at radius 1 is 1.07 bits per heavy atom. The highest BCUT2D eigenvalue weighted by molar-refractivity contribution is 6.33. The first-order valence-electron chi connectivity index (χ1n) is 8.92. The van der Waals surface area contributed by atoms with Gasteiger partial charge in [-0.3, -0.25) is 9.78 Å². The van der Waals surface area contributed by atoms with Gasteiger partial charge in [0.2, 0.25) is 5.69 Å². The van der Waals surface area contributed by atoms with Crippen LogP contribution in [0.25, 0.3) is 16.9 Å². The summed E-state index contributed by atoms with van der Waals surface area (Å²) in [5.41, 5.74) is 0.701. The number of nitrogens with zero attached hydrogens (tertiary/aromatic N) is 2. The van der Waals surface area contributed by atoms with Crippen molar-refractivity contribution in [1.29, 1.82) is 0 Å². The number of pyridine rings is 2. The Kier molecular flexibility index (Phi) is 5.17. The highest BCUT2D eigenvalue weighted by Crippen LogP contribution is 2.32. The number of fused-ring (bicyclic) bond motifs is 1. The van der Waals surface area contributed by atoms with E-state index in [9.17, 15) is 18.0 Å². The van der Waals surface area contributed by atoms with Crippen molar-refractivity contribution in [1.82, 2.24) is 15.3 Å². The number of amides is 1. The summed E-state index contributed by atoms with van der Waals surface area (Å²) in [6.07, 6.45) is -1.78. The highest BCUT2D eigenvalue weighted by atomic mass is 35.5. The van der Waals surface area contributed by atoms with E-state index in [0.29, 0.717) is 21.9 Å². The van der Waals surface area contributed by atoms with Crippen LogP contribution in [0.15, 0.2) is 73.1 Å². The van der Waals surface area contributed by atoms with Crippen molar-refractivity contribution in [2.45, 2.75) is 12.2 Å². The molecule has 0 saturated carbocycles. The number of rotatable bonds is 4. The number of nitrogens with one attached hydrogen (secondary N) is 2. The van der Waals surface area contributed by atoms with Gasteiger partial charge in [0.05, 0.1) is 22.5 Å². The van der Waals surface area contributed by atoms with Gasteiger partial charge in [-0.2, -0.15) is 17.6 Å². The molecule has 0 bridgehead atoms. The summed E-state index contributed by atoms with van der Waals surface area (Å²) in [4.78, 5) is 19.6. The first-order valence-corrected chi connectivity index (χ1v) is 9.30. The van der Waals surface area contributed by atoms with Gasteiger partial charge in [-0.15, -0.1) is 0 Å². The number of hydrogen-bond acceptors (Lipinski definition) is 2. The molecule has 1 amide bonds. The van der Waals surface area contributed by atoms with Crippen LogP contribution in [0.4, 0.5) is 13.2 Å². The summed E-state index contributed by atoms with van der Waals surface area (Å²) >= 11 is 6.28. The quantitative estimate of drug-likeness (QED) is 0.467. The fourth-order valence-electron chi connectivity index (χ4n) is 3.18. The zero-order valence-electron chi connectivity index (χ0n) is 15.3. The predicted octanol–water partition coefficient (Wildman–Crippen LogP) is 4.50. The minimum atomic E-state index is -4.72. The molecule has 3 heterocycles.